The molecule has 6 nitrogen and oxygen atoms in total. The first-order valence-corrected chi connectivity index (χ1v) is 7.37. The first kappa shape index (κ1) is 12.4. The summed E-state index contributed by atoms with van der Waals surface area (Å²) in [6.45, 7) is 0.767. The average molecular weight is 282 g/mol. The third-order valence-corrected chi connectivity index (χ3v) is 4.22. The highest BCUT2D eigenvalue weighted by Crippen LogP contribution is 2.26. The number of rotatable bonds is 3. The number of anilines is 1. The molecular weight excluding hydrogens is 264 g/mol. The zero-order valence-corrected chi connectivity index (χ0v) is 12.1. The zero-order chi connectivity index (χ0) is 14.2. The third-order valence-electron chi connectivity index (χ3n) is 4.22. The largest absolute Gasteiger partial charge is 0.353 e. The molecule has 3 aromatic heterocycles. The van der Waals surface area contributed by atoms with E-state index in [9.17, 15) is 0 Å². The predicted octanol–water partition coefficient (Wildman–Crippen LogP) is 2.20. The lowest BCUT2D eigenvalue weighted by Crippen LogP contribution is -2.19. The fraction of sp³-hybridized carbons (Fsp3) is 0.400. The van der Waals surface area contributed by atoms with Crippen LogP contribution in [0, 0.1) is 0 Å². The lowest BCUT2D eigenvalue weighted by atomic mass is 9.96. The Labute approximate surface area is 122 Å². The van der Waals surface area contributed by atoms with Crippen LogP contribution in [-0.2, 0) is 19.4 Å². The van der Waals surface area contributed by atoms with Gasteiger partial charge in [0, 0.05) is 18.9 Å². The van der Waals surface area contributed by atoms with Gasteiger partial charge in [0.15, 0.2) is 0 Å². The maximum atomic E-state index is 4.51. The van der Waals surface area contributed by atoms with Crippen molar-refractivity contribution in [2.45, 2.75) is 32.2 Å². The van der Waals surface area contributed by atoms with Crippen LogP contribution < -0.4 is 4.90 Å². The number of aryl methyl sites for hydroxylation is 1. The second-order valence-corrected chi connectivity index (χ2v) is 5.63. The molecular formula is C15H18N6. The fourth-order valence-corrected chi connectivity index (χ4v) is 3.14. The molecule has 0 amide bonds. The van der Waals surface area contributed by atoms with Crippen LogP contribution in [0.2, 0.25) is 0 Å². The Morgan fingerprint density at radius 1 is 1.24 bits per heavy atom. The minimum Gasteiger partial charge on any atom is -0.353 e. The van der Waals surface area contributed by atoms with Crippen LogP contribution in [-0.4, -0.2) is 32.2 Å². The molecule has 0 radical (unpaired) electrons. The molecule has 6 heteroatoms. The van der Waals surface area contributed by atoms with E-state index >= 15 is 0 Å². The lowest BCUT2D eigenvalue weighted by Gasteiger charge is -2.19. The Kier molecular flexibility index (Phi) is 2.87. The summed E-state index contributed by atoms with van der Waals surface area (Å²) in [4.78, 5) is 13.9. The number of fused-ring (bicyclic) bond motifs is 2. The first-order chi connectivity index (χ1) is 10.3. The summed E-state index contributed by atoms with van der Waals surface area (Å²) in [6, 6.07) is 2.02. The summed E-state index contributed by atoms with van der Waals surface area (Å²) in [5.41, 5.74) is 4.75. The summed E-state index contributed by atoms with van der Waals surface area (Å²) >= 11 is 0. The SMILES string of the molecule is CN(Cc1n[nH]c2c1CCCC2)c1ncnc2[nH]ccc12. The monoisotopic (exact) mass is 282 g/mol. The molecule has 0 aliphatic heterocycles. The molecule has 1 aliphatic carbocycles. The molecule has 0 bridgehead atoms. The number of nitrogens with zero attached hydrogens (tertiary/aromatic N) is 4. The Bertz CT molecular complexity index is 771. The van der Waals surface area contributed by atoms with Crippen LogP contribution in [0.25, 0.3) is 11.0 Å². The highest BCUT2D eigenvalue weighted by atomic mass is 15.2. The second kappa shape index (κ2) is 4.87. The van der Waals surface area contributed by atoms with E-state index in [0.29, 0.717) is 0 Å². The molecule has 3 aromatic rings. The van der Waals surface area contributed by atoms with Gasteiger partial charge in [0.1, 0.15) is 17.8 Å². The van der Waals surface area contributed by atoms with E-state index in [2.05, 4.69) is 37.1 Å². The Balaban J connectivity index is 1.65. The van der Waals surface area contributed by atoms with E-state index in [-0.39, 0.29) is 0 Å². The van der Waals surface area contributed by atoms with Crippen LogP contribution in [0.1, 0.15) is 29.8 Å². The lowest BCUT2D eigenvalue weighted by molar-refractivity contribution is 0.671. The predicted molar refractivity (Wildman–Crippen MR) is 81.2 cm³/mol. The topological polar surface area (TPSA) is 73.5 Å². The maximum Gasteiger partial charge on any atom is 0.142 e. The van der Waals surface area contributed by atoms with Gasteiger partial charge in [-0.15, -0.1) is 0 Å². The average Bonchev–Trinajstić information content (AvgIpc) is 3.14. The molecule has 21 heavy (non-hydrogen) atoms. The van der Waals surface area contributed by atoms with Crippen LogP contribution >= 0.6 is 0 Å². The highest BCUT2D eigenvalue weighted by molar-refractivity contribution is 5.87. The molecule has 0 saturated heterocycles. The second-order valence-electron chi connectivity index (χ2n) is 5.63. The molecule has 108 valence electrons. The molecule has 0 aromatic carbocycles. The molecule has 2 N–H and O–H groups in total. The number of hydrogen-bond acceptors (Lipinski definition) is 4. The summed E-state index contributed by atoms with van der Waals surface area (Å²) in [6.07, 6.45) is 8.29. The van der Waals surface area contributed by atoms with Crippen LogP contribution in [0.15, 0.2) is 18.6 Å². The normalized spacial score (nSPS) is 14.3. The van der Waals surface area contributed by atoms with E-state index in [4.69, 9.17) is 0 Å². The number of aromatic nitrogens is 5. The van der Waals surface area contributed by atoms with Crippen molar-refractivity contribution in [3.63, 3.8) is 0 Å². The minimum atomic E-state index is 0.767. The number of aromatic amines is 2. The maximum absolute atomic E-state index is 4.51. The quantitative estimate of drug-likeness (QED) is 0.772. The minimum absolute atomic E-state index is 0.767. The number of hydrogen-bond donors (Lipinski definition) is 2. The van der Waals surface area contributed by atoms with Crippen molar-refractivity contribution in [3.8, 4) is 0 Å². The van der Waals surface area contributed by atoms with E-state index < -0.39 is 0 Å². The molecule has 0 atom stereocenters. The molecule has 4 rings (SSSR count). The summed E-state index contributed by atoms with van der Waals surface area (Å²) < 4.78 is 0. The van der Waals surface area contributed by atoms with Crippen molar-refractivity contribution in [2.24, 2.45) is 0 Å². The Hall–Kier alpha value is -2.37. The van der Waals surface area contributed by atoms with Crippen molar-refractivity contribution in [1.82, 2.24) is 25.1 Å². The number of H-pyrrole nitrogens is 2. The van der Waals surface area contributed by atoms with Crippen molar-refractivity contribution >= 4 is 16.9 Å². The van der Waals surface area contributed by atoms with E-state index in [1.54, 1.807) is 6.33 Å². The molecule has 0 unspecified atom stereocenters. The molecule has 3 heterocycles. The van der Waals surface area contributed by atoms with Crippen molar-refractivity contribution in [3.05, 3.63) is 35.5 Å². The van der Waals surface area contributed by atoms with Gasteiger partial charge in [-0.1, -0.05) is 0 Å². The van der Waals surface area contributed by atoms with E-state index in [0.717, 1.165) is 41.9 Å². The van der Waals surface area contributed by atoms with Crippen LogP contribution in [0.3, 0.4) is 0 Å². The molecule has 0 spiro atoms. The Morgan fingerprint density at radius 3 is 3.10 bits per heavy atom. The van der Waals surface area contributed by atoms with Gasteiger partial charge in [-0.25, -0.2) is 9.97 Å². The van der Waals surface area contributed by atoms with Crippen molar-refractivity contribution in [1.29, 1.82) is 0 Å². The van der Waals surface area contributed by atoms with Gasteiger partial charge in [0.2, 0.25) is 0 Å². The van der Waals surface area contributed by atoms with E-state index in [1.165, 1.54) is 24.1 Å². The number of nitrogens with one attached hydrogen (secondary N) is 2. The van der Waals surface area contributed by atoms with Crippen molar-refractivity contribution < 1.29 is 0 Å². The molecule has 0 fully saturated rings. The van der Waals surface area contributed by atoms with Crippen LogP contribution in [0.5, 0.6) is 0 Å². The first-order valence-electron chi connectivity index (χ1n) is 7.37. The zero-order valence-electron chi connectivity index (χ0n) is 12.1. The van der Waals surface area contributed by atoms with Gasteiger partial charge >= 0.3 is 0 Å². The Morgan fingerprint density at radius 2 is 2.14 bits per heavy atom. The highest BCUT2D eigenvalue weighted by Gasteiger charge is 2.19. The smallest absolute Gasteiger partial charge is 0.142 e. The summed E-state index contributed by atoms with van der Waals surface area (Å²) in [7, 11) is 2.05. The van der Waals surface area contributed by atoms with Gasteiger partial charge in [0.05, 0.1) is 17.6 Å². The summed E-state index contributed by atoms with van der Waals surface area (Å²) in [5.74, 6) is 0.939. The van der Waals surface area contributed by atoms with Crippen molar-refractivity contribution in [2.75, 3.05) is 11.9 Å². The molecule has 1 aliphatic rings. The van der Waals surface area contributed by atoms with Gasteiger partial charge < -0.3 is 9.88 Å². The van der Waals surface area contributed by atoms with E-state index in [1.807, 2.05) is 12.3 Å². The van der Waals surface area contributed by atoms with Crippen LogP contribution in [0.4, 0.5) is 5.82 Å². The molecule has 0 saturated carbocycles. The van der Waals surface area contributed by atoms with Gasteiger partial charge in [-0.2, -0.15) is 5.10 Å². The standard InChI is InChI=1S/C15H18N6/c1-21(15-11-6-7-16-14(11)17-9-18-15)8-13-10-4-2-3-5-12(10)19-20-13/h6-7,9H,2-5,8H2,1H3,(H,19,20)(H,16,17,18). The summed E-state index contributed by atoms with van der Waals surface area (Å²) in [5, 5.41) is 8.76. The van der Waals surface area contributed by atoms with Gasteiger partial charge in [0.25, 0.3) is 0 Å². The fourth-order valence-electron chi connectivity index (χ4n) is 3.14. The third kappa shape index (κ3) is 2.07. The van der Waals surface area contributed by atoms with Gasteiger partial charge in [-0.05, 0) is 37.3 Å². The van der Waals surface area contributed by atoms with Gasteiger partial charge in [-0.3, -0.25) is 5.10 Å².